The molecule has 0 aromatic heterocycles. The second kappa shape index (κ2) is 4.78. The zero-order chi connectivity index (χ0) is 13.2. The Kier molecular flexibility index (Phi) is 3.34. The van der Waals surface area contributed by atoms with Crippen LogP contribution in [0.1, 0.15) is 12.5 Å². The average molecular weight is 244 g/mol. The van der Waals surface area contributed by atoms with Crippen LogP contribution in [0.25, 0.3) is 5.57 Å². The Balaban J connectivity index is 2.44. The van der Waals surface area contributed by atoms with Crippen LogP contribution in [0.4, 0.5) is 0 Å². The van der Waals surface area contributed by atoms with E-state index < -0.39 is 11.6 Å². The van der Waals surface area contributed by atoms with Gasteiger partial charge in [-0.05, 0) is 17.2 Å². The van der Waals surface area contributed by atoms with Crippen molar-refractivity contribution >= 4 is 11.5 Å². The number of hydrogen-bond donors (Lipinski definition) is 1. The highest BCUT2D eigenvalue weighted by atomic mass is 16.5. The predicted octanol–water partition coefficient (Wildman–Crippen LogP) is 2.75. The van der Waals surface area contributed by atoms with E-state index in [0.29, 0.717) is 0 Å². The van der Waals surface area contributed by atoms with Gasteiger partial charge >= 0.3 is 5.97 Å². The van der Waals surface area contributed by atoms with Crippen LogP contribution in [0.15, 0.2) is 48.6 Å². The summed E-state index contributed by atoms with van der Waals surface area (Å²) < 4.78 is 5.28. The van der Waals surface area contributed by atoms with E-state index >= 15 is 0 Å². The molecule has 0 saturated carbocycles. The van der Waals surface area contributed by atoms with E-state index in [0.717, 1.165) is 11.1 Å². The molecule has 0 radical (unpaired) electrons. The number of allylic oxidation sites excluding steroid dienone is 2. The van der Waals surface area contributed by atoms with Crippen LogP contribution < -0.4 is 0 Å². The van der Waals surface area contributed by atoms with Crippen LogP contribution in [0.3, 0.4) is 0 Å². The Bertz CT molecular complexity index is 502. The first-order chi connectivity index (χ1) is 8.62. The number of methoxy groups -OCH3 is 1. The van der Waals surface area contributed by atoms with Crippen LogP contribution in [0, 0.1) is 5.92 Å². The van der Waals surface area contributed by atoms with Gasteiger partial charge in [-0.2, -0.15) is 0 Å². The first-order valence-corrected chi connectivity index (χ1v) is 5.85. The molecule has 0 amide bonds. The summed E-state index contributed by atoms with van der Waals surface area (Å²) in [7, 11) is 1.43. The van der Waals surface area contributed by atoms with E-state index in [1.807, 2.05) is 43.3 Å². The Morgan fingerprint density at radius 1 is 1.33 bits per heavy atom. The first-order valence-electron chi connectivity index (χ1n) is 5.85. The molecular weight excluding hydrogens is 228 g/mol. The van der Waals surface area contributed by atoms with Crippen LogP contribution in [0.5, 0.6) is 0 Å². The third-order valence-corrected chi connectivity index (χ3v) is 3.51. The van der Waals surface area contributed by atoms with E-state index in [1.54, 1.807) is 12.2 Å². The summed E-state index contributed by atoms with van der Waals surface area (Å²) >= 11 is 0. The van der Waals surface area contributed by atoms with Gasteiger partial charge in [0.2, 0.25) is 0 Å². The fourth-order valence-corrected chi connectivity index (χ4v) is 2.38. The van der Waals surface area contributed by atoms with Crippen molar-refractivity contribution in [2.75, 3.05) is 7.11 Å². The normalized spacial score (nSPS) is 26.8. The third-order valence-electron chi connectivity index (χ3n) is 3.51. The summed E-state index contributed by atoms with van der Waals surface area (Å²) in [5.74, 6) is -1.21. The van der Waals surface area contributed by atoms with Crippen molar-refractivity contribution in [3.8, 4) is 0 Å². The molecule has 1 N–H and O–H groups in total. The molecule has 2 unspecified atom stereocenters. The van der Waals surface area contributed by atoms with Crippen molar-refractivity contribution < 1.29 is 14.6 Å². The fraction of sp³-hybridized carbons (Fsp3) is 0.267. The highest BCUT2D eigenvalue weighted by Crippen LogP contribution is 2.38. The second-order valence-electron chi connectivity index (χ2n) is 4.37. The van der Waals surface area contributed by atoms with Gasteiger partial charge in [0.15, 0.2) is 5.60 Å². The maximum Gasteiger partial charge on any atom is 0.340 e. The minimum absolute atomic E-state index is 0.243. The zero-order valence-electron chi connectivity index (χ0n) is 10.5. The third kappa shape index (κ3) is 1.87. The minimum Gasteiger partial charge on any atom is -0.479 e. The maximum absolute atomic E-state index is 11.5. The van der Waals surface area contributed by atoms with E-state index in [2.05, 4.69) is 0 Å². The summed E-state index contributed by atoms with van der Waals surface area (Å²) in [4.78, 5) is 11.5. The molecular formula is C15H16O3. The van der Waals surface area contributed by atoms with E-state index in [4.69, 9.17) is 4.74 Å². The molecule has 1 aromatic carbocycles. The number of carboxylic acid groups (broad SMARTS) is 1. The smallest absolute Gasteiger partial charge is 0.340 e. The van der Waals surface area contributed by atoms with Crippen molar-refractivity contribution in [1.29, 1.82) is 0 Å². The number of carboxylic acids is 1. The summed E-state index contributed by atoms with van der Waals surface area (Å²) in [5.41, 5.74) is 0.722. The van der Waals surface area contributed by atoms with Crippen molar-refractivity contribution in [3.05, 3.63) is 54.1 Å². The Morgan fingerprint density at radius 2 is 2.00 bits per heavy atom. The van der Waals surface area contributed by atoms with Crippen molar-refractivity contribution in [2.24, 2.45) is 5.92 Å². The zero-order valence-corrected chi connectivity index (χ0v) is 10.5. The largest absolute Gasteiger partial charge is 0.479 e. The van der Waals surface area contributed by atoms with Crippen LogP contribution in [0.2, 0.25) is 0 Å². The number of rotatable bonds is 3. The Labute approximate surface area is 106 Å². The number of aliphatic carboxylic acids is 1. The average Bonchev–Trinajstić information content (AvgIpc) is 2.40. The highest BCUT2D eigenvalue weighted by molar-refractivity contribution is 5.87. The van der Waals surface area contributed by atoms with Gasteiger partial charge in [-0.15, -0.1) is 0 Å². The van der Waals surface area contributed by atoms with Gasteiger partial charge in [0.05, 0.1) is 0 Å². The van der Waals surface area contributed by atoms with Crippen LogP contribution in [-0.4, -0.2) is 23.8 Å². The molecule has 1 aliphatic rings. The van der Waals surface area contributed by atoms with E-state index in [-0.39, 0.29) is 5.92 Å². The SMILES string of the molecule is COC1(C(=O)O)C=CC=C(c2ccccc2)C1C. The highest BCUT2D eigenvalue weighted by Gasteiger charge is 2.44. The summed E-state index contributed by atoms with van der Waals surface area (Å²) in [6.45, 7) is 1.87. The topological polar surface area (TPSA) is 46.5 Å². The molecule has 0 saturated heterocycles. The molecule has 0 bridgehead atoms. The number of ether oxygens (including phenoxy) is 1. The summed E-state index contributed by atoms with van der Waals surface area (Å²) in [6, 6.07) is 9.77. The number of hydrogen-bond acceptors (Lipinski definition) is 2. The molecule has 0 spiro atoms. The molecule has 1 aromatic rings. The second-order valence-corrected chi connectivity index (χ2v) is 4.37. The summed E-state index contributed by atoms with van der Waals surface area (Å²) in [5, 5.41) is 9.42. The lowest BCUT2D eigenvalue weighted by molar-refractivity contribution is -0.159. The molecule has 3 nitrogen and oxygen atoms in total. The van der Waals surface area contributed by atoms with Gasteiger partial charge in [0, 0.05) is 13.0 Å². The van der Waals surface area contributed by atoms with Gasteiger partial charge < -0.3 is 9.84 Å². The number of carbonyl (C=O) groups is 1. The molecule has 0 aliphatic heterocycles. The van der Waals surface area contributed by atoms with E-state index in [1.165, 1.54) is 7.11 Å². The monoisotopic (exact) mass is 244 g/mol. The predicted molar refractivity (Wildman–Crippen MR) is 70.1 cm³/mol. The lowest BCUT2D eigenvalue weighted by atomic mass is 9.77. The molecule has 1 aliphatic carbocycles. The van der Waals surface area contributed by atoms with Gasteiger partial charge in [-0.3, -0.25) is 0 Å². The van der Waals surface area contributed by atoms with Crippen molar-refractivity contribution in [3.63, 3.8) is 0 Å². The van der Waals surface area contributed by atoms with Crippen LogP contribution >= 0.6 is 0 Å². The van der Waals surface area contributed by atoms with Gasteiger partial charge in [-0.25, -0.2) is 4.79 Å². The molecule has 3 heteroatoms. The van der Waals surface area contributed by atoms with Gasteiger partial charge in [0.1, 0.15) is 0 Å². The Hall–Kier alpha value is -1.87. The van der Waals surface area contributed by atoms with Gasteiger partial charge in [0.25, 0.3) is 0 Å². The first kappa shape index (κ1) is 12.6. The minimum atomic E-state index is -1.28. The quantitative estimate of drug-likeness (QED) is 0.889. The lowest BCUT2D eigenvalue weighted by Gasteiger charge is -2.35. The van der Waals surface area contributed by atoms with Crippen molar-refractivity contribution in [2.45, 2.75) is 12.5 Å². The van der Waals surface area contributed by atoms with Crippen LogP contribution in [-0.2, 0) is 9.53 Å². The fourth-order valence-electron chi connectivity index (χ4n) is 2.38. The van der Waals surface area contributed by atoms with E-state index in [9.17, 15) is 9.90 Å². The van der Waals surface area contributed by atoms with Crippen molar-refractivity contribution in [1.82, 2.24) is 0 Å². The molecule has 2 atom stereocenters. The molecule has 18 heavy (non-hydrogen) atoms. The molecule has 94 valence electrons. The molecule has 0 fully saturated rings. The Morgan fingerprint density at radius 3 is 2.56 bits per heavy atom. The lowest BCUT2D eigenvalue weighted by Crippen LogP contribution is -2.46. The maximum atomic E-state index is 11.5. The molecule has 2 rings (SSSR count). The standard InChI is InChI=1S/C15H16O3/c1-11-13(12-7-4-3-5-8-12)9-6-10-15(11,18-2)14(16)17/h3-11H,1-2H3,(H,16,17). The number of benzene rings is 1. The molecule has 0 heterocycles. The summed E-state index contributed by atoms with van der Waals surface area (Å²) in [6.07, 6.45) is 5.30. The van der Waals surface area contributed by atoms with Gasteiger partial charge in [-0.1, -0.05) is 49.4 Å².